The molecule has 0 amide bonds. The number of hydrogen-bond acceptors (Lipinski definition) is 2. The quantitative estimate of drug-likeness (QED) is 0.772. The molecule has 0 aliphatic carbocycles. The van der Waals surface area contributed by atoms with E-state index >= 15 is 0 Å². The SMILES string of the molecule is C=C/C=C(\C=C/C)c1ccc(N2CCC(F)C2)c(C#N)c1. The maximum Gasteiger partial charge on any atom is 0.119 e. The van der Waals surface area contributed by atoms with Gasteiger partial charge >= 0.3 is 0 Å². The second-order valence-electron chi connectivity index (χ2n) is 5.03. The monoisotopic (exact) mass is 282 g/mol. The number of nitriles is 1. The number of benzene rings is 1. The summed E-state index contributed by atoms with van der Waals surface area (Å²) in [5.74, 6) is 0. The van der Waals surface area contributed by atoms with Crippen LogP contribution in [0.4, 0.5) is 10.1 Å². The first-order chi connectivity index (χ1) is 10.2. The number of allylic oxidation sites excluding steroid dienone is 5. The lowest BCUT2D eigenvalue weighted by molar-refractivity contribution is 0.364. The predicted molar refractivity (Wildman–Crippen MR) is 85.9 cm³/mol. The summed E-state index contributed by atoms with van der Waals surface area (Å²) in [5.41, 5.74) is 3.37. The Balaban J connectivity index is 2.39. The van der Waals surface area contributed by atoms with Crippen LogP contribution in [-0.4, -0.2) is 19.3 Å². The summed E-state index contributed by atoms with van der Waals surface area (Å²) < 4.78 is 13.3. The van der Waals surface area contributed by atoms with Gasteiger partial charge in [0.1, 0.15) is 12.2 Å². The Kier molecular flexibility index (Phi) is 4.94. The average molecular weight is 282 g/mol. The molecule has 0 spiro atoms. The summed E-state index contributed by atoms with van der Waals surface area (Å²) >= 11 is 0. The fraction of sp³-hybridized carbons (Fsp3) is 0.278. The highest BCUT2D eigenvalue weighted by atomic mass is 19.1. The van der Waals surface area contributed by atoms with Crippen molar-refractivity contribution < 1.29 is 4.39 Å². The van der Waals surface area contributed by atoms with Crippen LogP contribution in [0.1, 0.15) is 24.5 Å². The molecule has 1 aromatic rings. The zero-order valence-electron chi connectivity index (χ0n) is 12.2. The number of rotatable bonds is 4. The fourth-order valence-corrected chi connectivity index (χ4v) is 2.57. The van der Waals surface area contributed by atoms with E-state index in [1.807, 2.05) is 48.3 Å². The van der Waals surface area contributed by atoms with Crippen LogP contribution in [-0.2, 0) is 0 Å². The Morgan fingerprint density at radius 1 is 1.52 bits per heavy atom. The largest absolute Gasteiger partial charge is 0.367 e. The minimum absolute atomic E-state index is 0.373. The van der Waals surface area contributed by atoms with Crippen LogP contribution < -0.4 is 4.90 Å². The lowest BCUT2D eigenvalue weighted by Crippen LogP contribution is -2.21. The van der Waals surface area contributed by atoms with Gasteiger partial charge in [-0.2, -0.15) is 5.26 Å². The van der Waals surface area contributed by atoms with E-state index in [0.29, 0.717) is 25.1 Å². The summed E-state index contributed by atoms with van der Waals surface area (Å²) in [6.07, 6.45) is 7.30. The summed E-state index contributed by atoms with van der Waals surface area (Å²) in [7, 11) is 0. The number of nitrogens with zero attached hydrogens (tertiary/aromatic N) is 2. The lowest BCUT2D eigenvalue weighted by atomic mass is 10.0. The molecular formula is C18H19FN2. The van der Waals surface area contributed by atoms with Crippen LogP contribution in [0.2, 0.25) is 0 Å². The van der Waals surface area contributed by atoms with Crippen molar-refractivity contribution in [2.45, 2.75) is 19.5 Å². The molecule has 1 aliphatic heterocycles. The Morgan fingerprint density at radius 3 is 2.90 bits per heavy atom. The molecule has 1 aliphatic rings. The van der Waals surface area contributed by atoms with E-state index in [1.165, 1.54) is 0 Å². The van der Waals surface area contributed by atoms with E-state index in [1.54, 1.807) is 6.08 Å². The third-order valence-corrected chi connectivity index (χ3v) is 3.57. The smallest absolute Gasteiger partial charge is 0.119 e. The minimum Gasteiger partial charge on any atom is -0.367 e. The summed E-state index contributed by atoms with van der Waals surface area (Å²) in [6.45, 7) is 6.70. The van der Waals surface area contributed by atoms with E-state index in [0.717, 1.165) is 16.8 Å². The maximum atomic E-state index is 13.3. The molecule has 3 heteroatoms. The maximum absolute atomic E-state index is 13.3. The Hall–Kier alpha value is -2.34. The average Bonchev–Trinajstić information content (AvgIpc) is 2.92. The molecule has 1 fully saturated rings. The molecule has 0 radical (unpaired) electrons. The highest BCUT2D eigenvalue weighted by Gasteiger charge is 2.23. The molecule has 1 aromatic carbocycles. The van der Waals surface area contributed by atoms with E-state index in [-0.39, 0.29) is 0 Å². The van der Waals surface area contributed by atoms with Crippen molar-refractivity contribution >= 4 is 11.3 Å². The Morgan fingerprint density at radius 2 is 2.33 bits per heavy atom. The highest BCUT2D eigenvalue weighted by Crippen LogP contribution is 2.28. The second kappa shape index (κ2) is 6.90. The Labute approximate surface area is 125 Å². The summed E-state index contributed by atoms with van der Waals surface area (Å²) in [6, 6.07) is 7.96. The van der Waals surface area contributed by atoms with Crippen molar-refractivity contribution in [1.82, 2.24) is 0 Å². The van der Waals surface area contributed by atoms with Gasteiger partial charge in [0.05, 0.1) is 11.3 Å². The third kappa shape index (κ3) is 3.41. The van der Waals surface area contributed by atoms with Crippen LogP contribution >= 0.6 is 0 Å². The molecule has 1 atom stereocenters. The zero-order chi connectivity index (χ0) is 15.2. The van der Waals surface area contributed by atoms with Crippen molar-refractivity contribution in [2.24, 2.45) is 0 Å². The van der Waals surface area contributed by atoms with Crippen LogP contribution in [0.25, 0.3) is 5.57 Å². The van der Waals surface area contributed by atoms with Gasteiger partial charge in [0.15, 0.2) is 0 Å². The normalized spacial score (nSPS) is 19.0. The van der Waals surface area contributed by atoms with Crippen molar-refractivity contribution in [2.75, 3.05) is 18.0 Å². The highest BCUT2D eigenvalue weighted by molar-refractivity contribution is 5.78. The van der Waals surface area contributed by atoms with E-state index in [2.05, 4.69) is 12.6 Å². The molecule has 0 saturated carbocycles. The van der Waals surface area contributed by atoms with Gasteiger partial charge < -0.3 is 4.90 Å². The standard InChI is InChI=1S/C18H19FN2/c1-3-5-14(6-4-2)15-7-8-18(16(11-15)12-20)21-10-9-17(19)13-21/h3-8,11,17H,1,9-10,13H2,2H3/b6-4-,14-5+. The van der Waals surface area contributed by atoms with Crippen molar-refractivity contribution in [3.63, 3.8) is 0 Å². The van der Waals surface area contributed by atoms with Gasteiger partial charge in [0, 0.05) is 13.1 Å². The molecule has 0 bridgehead atoms. The molecule has 21 heavy (non-hydrogen) atoms. The van der Waals surface area contributed by atoms with Crippen LogP contribution in [0.15, 0.2) is 49.1 Å². The van der Waals surface area contributed by atoms with Crippen LogP contribution in [0.3, 0.4) is 0 Å². The molecule has 0 N–H and O–H groups in total. The first-order valence-electron chi connectivity index (χ1n) is 7.08. The topological polar surface area (TPSA) is 27.0 Å². The molecule has 2 rings (SSSR count). The molecule has 108 valence electrons. The van der Waals surface area contributed by atoms with Gasteiger partial charge in [-0.05, 0) is 36.6 Å². The third-order valence-electron chi connectivity index (χ3n) is 3.57. The number of alkyl halides is 1. The molecular weight excluding hydrogens is 263 g/mol. The minimum atomic E-state index is -0.796. The van der Waals surface area contributed by atoms with Crippen molar-refractivity contribution in [3.8, 4) is 6.07 Å². The van der Waals surface area contributed by atoms with E-state index in [9.17, 15) is 9.65 Å². The van der Waals surface area contributed by atoms with Crippen LogP contribution in [0.5, 0.6) is 0 Å². The fourth-order valence-electron chi connectivity index (χ4n) is 2.57. The lowest BCUT2D eigenvalue weighted by Gasteiger charge is -2.19. The zero-order valence-corrected chi connectivity index (χ0v) is 12.2. The Bertz CT molecular complexity index is 623. The van der Waals surface area contributed by atoms with Crippen molar-refractivity contribution in [1.29, 1.82) is 5.26 Å². The first-order valence-corrected chi connectivity index (χ1v) is 7.08. The molecule has 1 heterocycles. The summed E-state index contributed by atoms with van der Waals surface area (Å²) in [4.78, 5) is 1.94. The number of hydrogen-bond donors (Lipinski definition) is 0. The van der Waals surface area contributed by atoms with Gasteiger partial charge in [-0.25, -0.2) is 4.39 Å². The predicted octanol–water partition coefficient (Wildman–Crippen LogP) is 4.25. The number of anilines is 1. The van der Waals surface area contributed by atoms with E-state index < -0.39 is 6.17 Å². The van der Waals surface area contributed by atoms with Crippen molar-refractivity contribution in [3.05, 3.63) is 60.2 Å². The summed E-state index contributed by atoms with van der Waals surface area (Å²) in [5, 5.41) is 9.38. The number of halogens is 1. The molecule has 1 unspecified atom stereocenters. The van der Waals surface area contributed by atoms with Gasteiger partial charge in [-0.3, -0.25) is 0 Å². The van der Waals surface area contributed by atoms with Gasteiger partial charge in [-0.15, -0.1) is 0 Å². The molecule has 2 nitrogen and oxygen atoms in total. The van der Waals surface area contributed by atoms with Gasteiger partial charge in [0.2, 0.25) is 0 Å². The van der Waals surface area contributed by atoms with Crippen LogP contribution in [0, 0.1) is 11.3 Å². The first kappa shape index (κ1) is 15.1. The second-order valence-corrected chi connectivity index (χ2v) is 5.03. The van der Waals surface area contributed by atoms with Gasteiger partial charge in [0.25, 0.3) is 0 Å². The molecule has 0 aromatic heterocycles. The van der Waals surface area contributed by atoms with E-state index in [4.69, 9.17) is 0 Å². The molecule has 1 saturated heterocycles. The van der Waals surface area contributed by atoms with Gasteiger partial charge in [-0.1, -0.05) is 36.9 Å².